The van der Waals surface area contributed by atoms with Crippen molar-refractivity contribution in [3.05, 3.63) is 47.3 Å². The summed E-state index contributed by atoms with van der Waals surface area (Å²) < 4.78 is 5.53. The van der Waals surface area contributed by atoms with E-state index >= 15 is 0 Å². The van der Waals surface area contributed by atoms with Crippen LogP contribution >= 0.6 is 0 Å². The minimum absolute atomic E-state index is 0.739. The highest BCUT2D eigenvalue weighted by atomic mass is 16.3. The predicted molar refractivity (Wildman–Crippen MR) is 85.6 cm³/mol. The van der Waals surface area contributed by atoms with Crippen LogP contribution in [0.3, 0.4) is 0 Å². The van der Waals surface area contributed by atoms with Crippen molar-refractivity contribution < 1.29 is 4.42 Å². The summed E-state index contributed by atoms with van der Waals surface area (Å²) in [6, 6.07) is 0. The number of rotatable bonds is 3. The van der Waals surface area contributed by atoms with Gasteiger partial charge < -0.3 is 4.42 Å². The Morgan fingerprint density at radius 1 is 1.06 bits per heavy atom. The fourth-order valence-corrected chi connectivity index (χ4v) is 1.26. The third-order valence-electron chi connectivity index (χ3n) is 1.90. The summed E-state index contributed by atoms with van der Waals surface area (Å²) in [5.41, 5.74) is 1.72. The summed E-state index contributed by atoms with van der Waals surface area (Å²) in [7, 11) is 0. The van der Waals surface area contributed by atoms with Crippen LogP contribution in [0.2, 0.25) is 0 Å². The first kappa shape index (κ1) is 18.6. The lowest BCUT2D eigenvalue weighted by atomic mass is 10.2. The van der Waals surface area contributed by atoms with Gasteiger partial charge in [-0.15, -0.1) is 0 Å². The van der Waals surface area contributed by atoms with E-state index in [1.807, 2.05) is 46.8 Å². The summed E-state index contributed by atoms with van der Waals surface area (Å²) >= 11 is 0. The lowest BCUT2D eigenvalue weighted by Crippen LogP contribution is -2.19. The normalized spacial score (nSPS) is 10.2. The second-order valence-electron chi connectivity index (χ2n) is 2.83. The van der Waals surface area contributed by atoms with Gasteiger partial charge in [0.25, 0.3) is 0 Å². The number of furan rings is 1. The summed E-state index contributed by atoms with van der Waals surface area (Å²) in [6.07, 6.45) is 9.07. The number of hydrogen-bond donors (Lipinski definition) is 0. The lowest BCUT2D eigenvalue weighted by molar-refractivity contribution is 0.522. The smallest absolute Gasteiger partial charge is 0.134 e. The molecule has 1 nitrogen and oxygen atoms in total. The molecule has 1 aromatic rings. The maximum absolute atomic E-state index is 5.53. The molecule has 0 amide bonds. The van der Waals surface area contributed by atoms with Gasteiger partial charge in [-0.25, -0.2) is 0 Å². The highest BCUT2D eigenvalue weighted by molar-refractivity contribution is 5.61. The molecule has 0 saturated carbocycles. The minimum Gasteiger partial charge on any atom is -0.456 e. The number of allylic oxidation sites excluding steroid dienone is 2. The quantitative estimate of drug-likeness (QED) is 0.771. The van der Waals surface area contributed by atoms with Gasteiger partial charge >= 0.3 is 0 Å². The first-order chi connectivity index (χ1) is 8.74. The van der Waals surface area contributed by atoms with Gasteiger partial charge in [0.05, 0.1) is 0 Å². The maximum atomic E-state index is 5.53. The van der Waals surface area contributed by atoms with Gasteiger partial charge in [-0.2, -0.15) is 0 Å². The van der Waals surface area contributed by atoms with E-state index in [0.717, 1.165) is 22.0 Å². The molecule has 0 fully saturated rings. The molecule has 0 aliphatic rings. The Balaban J connectivity index is 0. The van der Waals surface area contributed by atoms with E-state index in [1.54, 1.807) is 18.2 Å². The molecular formula is C17H26O. The van der Waals surface area contributed by atoms with Crippen molar-refractivity contribution in [3.63, 3.8) is 0 Å². The number of hydrogen-bond acceptors (Lipinski definition) is 1. The van der Waals surface area contributed by atoms with Crippen LogP contribution in [-0.2, 0) is 0 Å². The Morgan fingerprint density at radius 3 is 2.00 bits per heavy atom. The van der Waals surface area contributed by atoms with Gasteiger partial charge in [0, 0.05) is 10.8 Å². The highest BCUT2D eigenvalue weighted by Gasteiger charge is 2.02. The van der Waals surface area contributed by atoms with Crippen molar-refractivity contribution >= 4 is 24.8 Å². The summed E-state index contributed by atoms with van der Waals surface area (Å²) in [5.74, 6) is 0.751. The molecule has 0 atom stereocenters. The Hall–Kier alpha value is -1.76. The molecule has 0 spiro atoms. The van der Waals surface area contributed by atoms with Crippen LogP contribution in [0.15, 0.2) is 29.7 Å². The van der Waals surface area contributed by atoms with Crippen LogP contribution in [0.1, 0.15) is 45.9 Å². The summed E-state index contributed by atoms with van der Waals surface area (Å²) in [5, 5.41) is 0.873. The van der Waals surface area contributed by atoms with Crippen molar-refractivity contribution in [3.8, 4) is 0 Å². The van der Waals surface area contributed by atoms with Gasteiger partial charge in [0.15, 0.2) is 0 Å². The largest absolute Gasteiger partial charge is 0.456 e. The average molecular weight is 246 g/mol. The van der Waals surface area contributed by atoms with Crippen LogP contribution < -0.4 is 10.6 Å². The Kier molecular flexibility index (Phi) is 12.1. The molecule has 1 heterocycles. The third-order valence-corrected chi connectivity index (χ3v) is 1.90. The highest BCUT2D eigenvalue weighted by Crippen LogP contribution is 2.05. The predicted octanol–water partition coefficient (Wildman–Crippen LogP) is 4.38. The SMILES string of the molecule is C=C/C=c1/oc(C=C)c(/C=C\C)c1=C.CC.CC. The van der Waals surface area contributed by atoms with E-state index in [0.29, 0.717) is 0 Å². The van der Waals surface area contributed by atoms with Crippen molar-refractivity contribution in [2.45, 2.75) is 34.6 Å². The molecule has 100 valence electrons. The average Bonchev–Trinajstić information content (AvgIpc) is 2.73. The van der Waals surface area contributed by atoms with Crippen LogP contribution in [0.25, 0.3) is 24.8 Å². The van der Waals surface area contributed by atoms with Crippen LogP contribution in [-0.4, -0.2) is 0 Å². The maximum Gasteiger partial charge on any atom is 0.134 e. The summed E-state index contributed by atoms with van der Waals surface area (Å²) in [4.78, 5) is 0. The van der Waals surface area contributed by atoms with Crippen LogP contribution in [0, 0.1) is 0 Å². The van der Waals surface area contributed by atoms with E-state index < -0.39 is 0 Å². The molecule has 0 N–H and O–H groups in total. The van der Waals surface area contributed by atoms with Crippen LogP contribution in [0.5, 0.6) is 0 Å². The first-order valence-electron chi connectivity index (χ1n) is 6.44. The first-order valence-corrected chi connectivity index (χ1v) is 6.44. The monoisotopic (exact) mass is 246 g/mol. The molecule has 1 aromatic heterocycles. The van der Waals surface area contributed by atoms with Gasteiger partial charge in [-0.1, -0.05) is 65.7 Å². The standard InChI is InChI=1S/C13H14O.2C2H6/c1-5-8-11-10(4)13(9-6-2)14-12(11)7-3;2*1-2/h5-9H,2-4H2,1H3;2*1-2H3/b8-5-,13-9+;;. The molecule has 0 aromatic carbocycles. The molecule has 0 saturated heterocycles. The van der Waals surface area contributed by atoms with Gasteiger partial charge in [0.2, 0.25) is 0 Å². The van der Waals surface area contributed by atoms with E-state index in [1.165, 1.54) is 0 Å². The Bertz CT molecular complexity index is 472. The second kappa shape index (κ2) is 11.7. The lowest BCUT2D eigenvalue weighted by Gasteiger charge is -1.86. The third kappa shape index (κ3) is 5.05. The van der Waals surface area contributed by atoms with E-state index in [-0.39, 0.29) is 0 Å². The zero-order valence-electron chi connectivity index (χ0n) is 12.4. The Labute approximate surface area is 112 Å². The van der Waals surface area contributed by atoms with Gasteiger partial charge in [0.1, 0.15) is 11.2 Å². The second-order valence-corrected chi connectivity index (χ2v) is 2.83. The zero-order chi connectivity index (χ0) is 14.6. The van der Waals surface area contributed by atoms with E-state index in [2.05, 4.69) is 19.7 Å². The molecule has 0 bridgehead atoms. The molecule has 1 heteroatoms. The van der Waals surface area contributed by atoms with E-state index in [9.17, 15) is 0 Å². The molecule has 0 unspecified atom stereocenters. The molecular weight excluding hydrogens is 220 g/mol. The van der Waals surface area contributed by atoms with Crippen molar-refractivity contribution in [2.75, 3.05) is 0 Å². The van der Waals surface area contributed by atoms with E-state index in [4.69, 9.17) is 4.42 Å². The van der Waals surface area contributed by atoms with Crippen molar-refractivity contribution in [1.82, 2.24) is 0 Å². The van der Waals surface area contributed by atoms with Crippen LogP contribution in [0.4, 0.5) is 0 Å². The topological polar surface area (TPSA) is 13.1 Å². The van der Waals surface area contributed by atoms with Crippen molar-refractivity contribution in [2.24, 2.45) is 0 Å². The van der Waals surface area contributed by atoms with Gasteiger partial charge in [-0.3, -0.25) is 0 Å². The Morgan fingerprint density at radius 2 is 1.61 bits per heavy atom. The molecule has 18 heavy (non-hydrogen) atoms. The molecule has 0 radical (unpaired) electrons. The van der Waals surface area contributed by atoms with Crippen molar-refractivity contribution in [1.29, 1.82) is 0 Å². The minimum atomic E-state index is 0.739. The molecule has 0 aliphatic carbocycles. The summed E-state index contributed by atoms with van der Waals surface area (Å²) in [6.45, 7) is 21.2. The van der Waals surface area contributed by atoms with Gasteiger partial charge in [-0.05, 0) is 19.1 Å². The fraction of sp³-hybridized carbons (Fsp3) is 0.294. The molecule has 1 rings (SSSR count). The molecule has 0 aliphatic heterocycles. The zero-order valence-corrected chi connectivity index (χ0v) is 12.4. The fourth-order valence-electron chi connectivity index (χ4n) is 1.26.